The molecule has 1 aromatic heterocycles. The van der Waals surface area contributed by atoms with Gasteiger partial charge in [0.05, 0.1) is 10.0 Å². The van der Waals surface area contributed by atoms with Gasteiger partial charge in [-0.1, -0.05) is 29.3 Å². The van der Waals surface area contributed by atoms with Crippen LogP contribution in [0, 0.1) is 6.92 Å². The average Bonchev–Trinajstić information content (AvgIpc) is 2.53. The molecule has 0 spiro atoms. The van der Waals surface area contributed by atoms with Gasteiger partial charge in [0, 0.05) is 11.1 Å². The number of benzene rings is 1. The minimum atomic E-state index is -0.146. The van der Waals surface area contributed by atoms with Gasteiger partial charge in [-0.25, -0.2) is 4.98 Å². The second-order valence-corrected chi connectivity index (χ2v) is 6.31. The van der Waals surface area contributed by atoms with Crippen molar-refractivity contribution in [3.05, 3.63) is 34.1 Å². The number of rotatable bonds is 1. The molecule has 2 N–H and O–H groups in total. The quantitative estimate of drug-likeness (QED) is 0.842. The summed E-state index contributed by atoms with van der Waals surface area (Å²) in [6.45, 7) is 8.16. The topological polar surface area (TPSA) is 43.8 Å². The third kappa shape index (κ3) is 2.45. The summed E-state index contributed by atoms with van der Waals surface area (Å²) in [7, 11) is 0. The van der Waals surface area contributed by atoms with Crippen molar-refractivity contribution >= 4 is 29.0 Å². The Balaban J connectivity index is 2.73. The Morgan fingerprint density at radius 3 is 2.11 bits per heavy atom. The number of aryl methyl sites for hydroxylation is 1. The first-order valence-corrected chi connectivity index (χ1v) is 6.78. The van der Waals surface area contributed by atoms with Crippen LogP contribution in [0.4, 0.5) is 5.82 Å². The number of anilines is 1. The van der Waals surface area contributed by atoms with E-state index in [-0.39, 0.29) is 5.54 Å². The van der Waals surface area contributed by atoms with Crippen LogP contribution in [0.3, 0.4) is 0 Å². The van der Waals surface area contributed by atoms with E-state index < -0.39 is 0 Å². The van der Waals surface area contributed by atoms with E-state index in [1.54, 1.807) is 18.2 Å². The maximum Gasteiger partial charge on any atom is 0.132 e. The maximum atomic E-state index is 6.24. The van der Waals surface area contributed by atoms with Crippen LogP contribution < -0.4 is 5.73 Å². The van der Waals surface area contributed by atoms with E-state index >= 15 is 0 Å². The van der Waals surface area contributed by atoms with Crippen LogP contribution in [0.25, 0.3) is 11.3 Å². The Morgan fingerprint density at radius 1 is 1.16 bits per heavy atom. The second-order valence-electron chi connectivity index (χ2n) is 5.50. The van der Waals surface area contributed by atoms with E-state index in [0.29, 0.717) is 27.1 Å². The van der Waals surface area contributed by atoms with E-state index in [1.807, 2.05) is 11.5 Å². The van der Waals surface area contributed by atoms with Crippen molar-refractivity contribution in [2.75, 3.05) is 5.73 Å². The number of hydrogen-bond acceptors (Lipinski definition) is 2. The highest BCUT2D eigenvalue weighted by Gasteiger charge is 2.24. The highest BCUT2D eigenvalue weighted by Crippen LogP contribution is 2.38. The van der Waals surface area contributed by atoms with Crippen LogP contribution >= 0.6 is 23.2 Å². The van der Waals surface area contributed by atoms with Crippen molar-refractivity contribution < 1.29 is 0 Å². The third-order valence-electron chi connectivity index (χ3n) is 2.95. The van der Waals surface area contributed by atoms with Crippen molar-refractivity contribution in [3.63, 3.8) is 0 Å². The molecule has 0 radical (unpaired) electrons. The molecule has 0 saturated carbocycles. The number of nitrogens with two attached hydrogens (primary N) is 1. The summed E-state index contributed by atoms with van der Waals surface area (Å²) >= 11 is 12.4. The lowest BCUT2D eigenvalue weighted by Gasteiger charge is -2.24. The molecular formula is C14H17Cl2N3. The van der Waals surface area contributed by atoms with Crippen molar-refractivity contribution in [2.24, 2.45) is 0 Å². The van der Waals surface area contributed by atoms with Gasteiger partial charge in [0.1, 0.15) is 17.3 Å². The van der Waals surface area contributed by atoms with Crippen LogP contribution in [0.5, 0.6) is 0 Å². The zero-order valence-corrected chi connectivity index (χ0v) is 13.0. The molecule has 2 aromatic rings. The Morgan fingerprint density at radius 2 is 1.68 bits per heavy atom. The van der Waals surface area contributed by atoms with E-state index in [9.17, 15) is 0 Å². The Bertz CT molecular complexity index is 604. The summed E-state index contributed by atoms with van der Waals surface area (Å²) < 4.78 is 1.99. The van der Waals surface area contributed by atoms with Crippen molar-refractivity contribution in [1.82, 2.24) is 9.55 Å². The van der Waals surface area contributed by atoms with Crippen LogP contribution in [0.1, 0.15) is 26.6 Å². The molecule has 0 aliphatic rings. The first-order chi connectivity index (χ1) is 8.73. The number of aromatic nitrogens is 2. The first kappa shape index (κ1) is 14.2. The minimum Gasteiger partial charge on any atom is -0.383 e. The number of imidazole rings is 1. The molecule has 102 valence electrons. The lowest BCUT2D eigenvalue weighted by atomic mass is 10.1. The molecule has 0 saturated heterocycles. The Kier molecular flexibility index (Phi) is 3.54. The molecule has 0 atom stereocenters. The van der Waals surface area contributed by atoms with E-state index in [0.717, 1.165) is 5.82 Å². The average molecular weight is 298 g/mol. The molecule has 0 fully saturated rings. The van der Waals surface area contributed by atoms with Crippen molar-refractivity contribution in [3.8, 4) is 11.3 Å². The standard InChI is InChI=1S/C14H17Cl2N3/c1-8-18-12(13(17)19(8)14(2,3)4)11-9(15)6-5-7-10(11)16/h5-7H,17H2,1-4H3. The zero-order valence-electron chi connectivity index (χ0n) is 11.5. The van der Waals surface area contributed by atoms with Crippen molar-refractivity contribution in [1.29, 1.82) is 0 Å². The predicted octanol–water partition coefficient (Wildman–Crippen LogP) is 4.50. The van der Waals surface area contributed by atoms with E-state index in [1.165, 1.54) is 0 Å². The summed E-state index contributed by atoms with van der Waals surface area (Å²) in [5.74, 6) is 1.43. The molecule has 0 amide bonds. The lowest BCUT2D eigenvalue weighted by Crippen LogP contribution is -2.24. The molecule has 1 heterocycles. The van der Waals surface area contributed by atoms with Crippen LogP contribution in [0.15, 0.2) is 18.2 Å². The maximum absolute atomic E-state index is 6.24. The highest BCUT2D eigenvalue weighted by atomic mass is 35.5. The summed E-state index contributed by atoms with van der Waals surface area (Å²) in [6.07, 6.45) is 0. The number of halogens is 2. The van der Waals surface area contributed by atoms with Gasteiger partial charge in [0.15, 0.2) is 0 Å². The summed E-state index contributed by atoms with van der Waals surface area (Å²) in [5, 5.41) is 1.11. The summed E-state index contributed by atoms with van der Waals surface area (Å²) in [6, 6.07) is 5.37. The lowest BCUT2D eigenvalue weighted by molar-refractivity contribution is 0.393. The Labute approximate surface area is 123 Å². The smallest absolute Gasteiger partial charge is 0.132 e. The van der Waals surface area contributed by atoms with Gasteiger partial charge in [-0.15, -0.1) is 0 Å². The molecule has 0 unspecified atom stereocenters. The van der Waals surface area contributed by atoms with Crippen LogP contribution in [0.2, 0.25) is 10.0 Å². The van der Waals surface area contributed by atoms with Gasteiger partial charge in [0.25, 0.3) is 0 Å². The molecule has 1 aromatic carbocycles. The van der Waals surface area contributed by atoms with Gasteiger partial charge in [-0.05, 0) is 39.8 Å². The van der Waals surface area contributed by atoms with Gasteiger partial charge in [-0.3, -0.25) is 0 Å². The van der Waals surface area contributed by atoms with E-state index in [2.05, 4.69) is 25.8 Å². The van der Waals surface area contributed by atoms with Gasteiger partial charge < -0.3 is 10.3 Å². The molecule has 19 heavy (non-hydrogen) atoms. The second kappa shape index (κ2) is 4.73. The molecular weight excluding hydrogens is 281 g/mol. The fourth-order valence-electron chi connectivity index (χ4n) is 2.30. The fraction of sp³-hybridized carbons (Fsp3) is 0.357. The van der Waals surface area contributed by atoms with Crippen molar-refractivity contribution in [2.45, 2.75) is 33.2 Å². The molecule has 3 nitrogen and oxygen atoms in total. The van der Waals surface area contributed by atoms with Gasteiger partial charge in [-0.2, -0.15) is 0 Å². The van der Waals surface area contributed by atoms with Crippen LogP contribution in [-0.2, 0) is 5.54 Å². The first-order valence-electron chi connectivity index (χ1n) is 6.03. The number of nitrogen functional groups attached to an aromatic ring is 1. The number of nitrogens with zero attached hydrogens (tertiary/aromatic N) is 2. The molecule has 0 bridgehead atoms. The fourth-order valence-corrected chi connectivity index (χ4v) is 2.88. The Hall–Kier alpha value is -1.19. The zero-order chi connectivity index (χ0) is 14.4. The van der Waals surface area contributed by atoms with Gasteiger partial charge in [0.2, 0.25) is 0 Å². The third-order valence-corrected chi connectivity index (χ3v) is 3.58. The SMILES string of the molecule is Cc1nc(-c2c(Cl)cccc2Cl)c(N)n1C(C)(C)C. The van der Waals surface area contributed by atoms with Gasteiger partial charge >= 0.3 is 0 Å². The summed E-state index contributed by atoms with van der Waals surface area (Å²) in [5.41, 5.74) is 7.43. The highest BCUT2D eigenvalue weighted by molar-refractivity contribution is 6.39. The predicted molar refractivity (Wildman–Crippen MR) is 81.8 cm³/mol. The molecule has 2 rings (SSSR count). The number of hydrogen-bond donors (Lipinski definition) is 1. The molecule has 0 aliphatic carbocycles. The molecule has 0 aliphatic heterocycles. The minimum absolute atomic E-state index is 0.146. The normalized spacial score (nSPS) is 11.9. The largest absolute Gasteiger partial charge is 0.383 e. The van der Waals surface area contributed by atoms with Crippen LogP contribution in [-0.4, -0.2) is 9.55 Å². The summed E-state index contributed by atoms with van der Waals surface area (Å²) in [4.78, 5) is 4.54. The molecule has 5 heteroatoms. The van der Waals surface area contributed by atoms with E-state index in [4.69, 9.17) is 28.9 Å². The monoisotopic (exact) mass is 297 g/mol.